The predicted octanol–water partition coefficient (Wildman–Crippen LogP) is 0.934. The maximum absolute atomic E-state index is 12.1. The lowest BCUT2D eigenvalue weighted by Gasteiger charge is -2.28. The molecular weight excluding hydrogens is 235 g/mol. The number of hydrogen-bond acceptors (Lipinski definition) is 3. The molecule has 0 aliphatic rings. The van der Waals surface area contributed by atoms with Gasteiger partial charge >= 0.3 is 6.18 Å². The zero-order chi connectivity index (χ0) is 13.1. The smallest absolute Gasteiger partial charge is 0.368 e. The zero-order valence-electron chi connectivity index (χ0n) is 9.08. The molecule has 7 heteroatoms. The molecule has 4 nitrogen and oxygen atoms in total. The Bertz CT molecular complexity index is 394. The molecule has 0 aliphatic heterocycles. The number of carbonyl (C=O) groups excluding carboxylic acids is 1. The largest absolute Gasteiger partial charge is 0.401 e. The van der Waals surface area contributed by atoms with Gasteiger partial charge in [0, 0.05) is 12.4 Å². The zero-order valence-corrected chi connectivity index (χ0v) is 9.08. The van der Waals surface area contributed by atoms with E-state index in [1.807, 2.05) is 0 Å². The first kappa shape index (κ1) is 13.4. The Morgan fingerprint density at radius 2 is 2.18 bits per heavy atom. The minimum absolute atomic E-state index is 0.289. The monoisotopic (exact) mass is 247 g/mol. The van der Waals surface area contributed by atoms with Crippen LogP contribution in [0.15, 0.2) is 24.5 Å². The Kier molecular flexibility index (Phi) is 3.72. The van der Waals surface area contributed by atoms with E-state index in [4.69, 9.17) is 5.73 Å². The molecule has 0 aliphatic carbocycles. The van der Waals surface area contributed by atoms with Crippen molar-refractivity contribution in [1.29, 1.82) is 0 Å². The molecule has 0 radical (unpaired) electrons. The third-order valence-corrected chi connectivity index (χ3v) is 2.37. The predicted molar refractivity (Wildman–Crippen MR) is 54.8 cm³/mol. The SMILES string of the molecule is CC(NCC(F)(F)F)(C(N)=O)c1cccnc1. The van der Waals surface area contributed by atoms with Crippen molar-refractivity contribution in [3.05, 3.63) is 30.1 Å². The highest BCUT2D eigenvalue weighted by Gasteiger charge is 2.37. The number of amides is 1. The number of primary amides is 1. The van der Waals surface area contributed by atoms with Crippen molar-refractivity contribution in [1.82, 2.24) is 10.3 Å². The van der Waals surface area contributed by atoms with Crippen LogP contribution in [0.2, 0.25) is 0 Å². The maximum atomic E-state index is 12.1. The molecule has 1 rings (SSSR count). The van der Waals surface area contributed by atoms with Gasteiger partial charge in [-0.2, -0.15) is 13.2 Å². The van der Waals surface area contributed by atoms with Gasteiger partial charge < -0.3 is 5.73 Å². The number of hydrogen-bond donors (Lipinski definition) is 2. The molecular formula is C10H12F3N3O. The van der Waals surface area contributed by atoms with Gasteiger partial charge in [-0.05, 0) is 18.6 Å². The molecule has 94 valence electrons. The fourth-order valence-corrected chi connectivity index (χ4v) is 1.27. The molecule has 1 atom stereocenters. The summed E-state index contributed by atoms with van der Waals surface area (Å²) in [6, 6.07) is 3.01. The minimum atomic E-state index is -4.42. The van der Waals surface area contributed by atoms with Crippen molar-refractivity contribution < 1.29 is 18.0 Å². The average Bonchev–Trinajstić information content (AvgIpc) is 2.26. The lowest BCUT2D eigenvalue weighted by Crippen LogP contribution is -2.53. The van der Waals surface area contributed by atoms with E-state index >= 15 is 0 Å². The van der Waals surface area contributed by atoms with Crippen molar-refractivity contribution in [2.75, 3.05) is 6.54 Å². The van der Waals surface area contributed by atoms with E-state index in [-0.39, 0.29) is 5.56 Å². The van der Waals surface area contributed by atoms with Crippen LogP contribution in [-0.2, 0) is 10.3 Å². The standard InChI is InChI=1S/C10H12F3N3O/c1-9(8(14)17,16-6-10(11,12)13)7-3-2-4-15-5-7/h2-5,16H,6H2,1H3,(H2,14,17). The van der Waals surface area contributed by atoms with E-state index in [0.717, 1.165) is 0 Å². The molecule has 3 N–H and O–H groups in total. The van der Waals surface area contributed by atoms with Gasteiger partial charge in [-0.1, -0.05) is 6.07 Å². The minimum Gasteiger partial charge on any atom is -0.368 e. The lowest BCUT2D eigenvalue weighted by molar-refractivity contribution is -0.135. The van der Waals surface area contributed by atoms with Crippen molar-refractivity contribution >= 4 is 5.91 Å². The molecule has 0 saturated heterocycles. The van der Waals surface area contributed by atoms with E-state index < -0.39 is 24.2 Å². The molecule has 0 saturated carbocycles. The van der Waals surface area contributed by atoms with Crippen molar-refractivity contribution in [2.24, 2.45) is 5.73 Å². The van der Waals surface area contributed by atoms with E-state index in [9.17, 15) is 18.0 Å². The molecule has 0 aromatic carbocycles. The third kappa shape index (κ3) is 3.42. The summed E-state index contributed by atoms with van der Waals surface area (Å²) in [6.07, 6.45) is -1.66. The van der Waals surface area contributed by atoms with Crippen LogP contribution in [0, 0.1) is 0 Å². The first-order valence-corrected chi connectivity index (χ1v) is 4.78. The summed E-state index contributed by atoms with van der Waals surface area (Å²) in [5.41, 5.74) is 3.83. The molecule has 17 heavy (non-hydrogen) atoms. The van der Waals surface area contributed by atoms with Crippen LogP contribution >= 0.6 is 0 Å². The van der Waals surface area contributed by atoms with Crippen LogP contribution in [0.3, 0.4) is 0 Å². The van der Waals surface area contributed by atoms with Crippen molar-refractivity contribution in [2.45, 2.75) is 18.6 Å². The van der Waals surface area contributed by atoms with Crippen LogP contribution in [0.5, 0.6) is 0 Å². The second-order valence-electron chi connectivity index (χ2n) is 3.70. The number of nitrogens with zero attached hydrogens (tertiary/aromatic N) is 1. The summed E-state index contributed by atoms with van der Waals surface area (Å²) in [5.74, 6) is -0.894. The first-order valence-electron chi connectivity index (χ1n) is 4.78. The van der Waals surface area contributed by atoms with Crippen molar-refractivity contribution in [3.63, 3.8) is 0 Å². The molecule has 1 aromatic rings. The summed E-state index contributed by atoms with van der Waals surface area (Å²) in [7, 11) is 0. The van der Waals surface area contributed by atoms with Gasteiger partial charge in [0.2, 0.25) is 5.91 Å². The third-order valence-electron chi connectivity index (χ3n) is 2.37. The van der Waals surface area contributed by atoms with Gasteiger partial charge in [0.1, 0.15) is 5.54 Å². The number of alkyl halides is 3. The molecule has 0 bridgehead atoms. The molecule has 1 unspecified atom stereocenters. The van der Waals surface area contributed by atoms with Gasteiger partial charge in [-0.15, -0.1) is 0 Å². The Hall–Kier alpha value is -1.63. The summed E-state index contributed by atoms with van der Waals surface area (Å²) < 4.78 is 36.4. The topological polar surface area (TPSA) is 68.0 Å². The first-order chi connectivity index (χ1) is 7.76. The number of carbonyl (C=O) groups is 1. The van der Waals surface area contributed by atoms with E-state index in [1.165, 1.54) is 31.5 Å². The van der Waals surface area contributed by atoms with Gasteiger partial charge in [0.05, 0.1) is 6.54 Å². The lowest BCUT2D eigenvalue weighted by atomic mass is 9.92. The second-order valence-corrected chi connectivity index (χ2v) is 3.70. The van der Waals surface area contributed by atoms with Crippen molar-refractivity contribution in [3.8, 4) is 0 Å². The highest BCUT2D eigenvalue weighted by Crippen LogP contribution is 2.22. The number of pyridine rings is 1. The van der Waals surface area contributed by atoms with Crippen LogP contribution < -0.4 is 11.1 Å². The number of nitrogens with one attached hydrogen (secondary N) is 1. The molecule has 1 amide bonds. The highest BCUT2D eigenvalue weighted by atomic mass is 19.4. The fraction of sp³-hybridized carbons (Fsp3) is 0.400. The molecule has 1 aromatic heterocycles. The Balaban J connectivity index is 2.95. The van der Waals surface area contributed by atoms with Crippen LogP contribution in [0.1, 0.15) is 12.5 Å². The maximum Gasteiger partial charge on any atom is 0.401 e. The Morgan fingerprint density at radius 3 is 2.59 bits per heavy atom. The molecule has 0 spiro atoms. The number of aromatic nitrogens is 1. The average molecular weight is 247 g/mol. The highest BCUT2D eigenvalue weighted by molar-refractivity contribution is 5.85. The number of halogens is 3. The summed E-state index contributed by atoms with van der Waals surface area (Å²) in [5, 5.41) is 2.11. The van der Waals surface area contributed by atoms with Crippen LogP contribution in [-0.4, -0.2) is 23.6 Å². The Labute approximate surface area is 96.0 Å². The fourth-order valence-electron chi connectivity index (χ4n) is 1.27. The van der Waals surface area contributed by atoms with E-state index in [2.05, 4.69) is 10.3 Å². The summed E-state index contributed by atoms with van der Waals surface area (Å²) >= 11 is 0. The van der Waals surface area contributed by atoms with Crippen LogP contribution in [0.25, 0.3) is 0 Å². The number of rotatable bonds is 4. The van der Waals surface area contributed by atoms with Gasteiger partial charge in [0.25, 0.3) is 0 Å². The number of nitrogens with two attached hydrogens (primary N) is 1. The quantitative estimate of drug-likeness (QED) is 0.831. The van der Waals surface area contributed by atoms with Crippen LogP contribution in [0.4, 0.5) is 13.2 Å². The van der Waals surface area contributed by atoms with E-state index in [1.54, 1.807) is 0 Å². The normalized spacial score (nSPS) is 15.3. The summed E-state index contributed by atoms with van der Waals surface area (Å²) in [6.45, 7) is -0.0145. The van der Waals surface area contributed by atoms with E-state index in [0.29, 0.717) is 0 Å². The van der Waals surface area contributed by atoms with Gasteiger partial charge in [-0.3, -0.25) is 15.1 Å². The molecule has 0 fully saturated rings. The second kappa shape index (κ2) is 4.70. The van der Waals surface area contributed by atoms with Gasteiger partial charge in [0.15, 0.2) is 0 Å². The summed E-state index contributed by atoms with van der Waals surface area (Å²) in [4.78, 5) is 15.1. The Morgan fingerprint density at radius 1 is 1.53 bits per heavy atom. The molecule has 1 heterocycles. The van der Waals surface area contributed by atoms with Gasteiger partial charge in [-0.25, -0.2) is 0 Å².